The number of carbonyl (C=O) groups excluding carboxylic acids is 1. The Balaban J connectivity index is 2.72. The van der Waals surface area contributed by atoms with Gasteiger partial charge in [0, 0.05) is 5.39 Å². The van der Waals surface area contributed by atoms with E-state index in [4.69, 9.17) is 4.42 Å². The molecule has 1 heterocycles. The quantitative estimate of drug-likeness (QED) is 0.648. The first-order valence-corrected chi connectivity index (χ1v) is 4.28. The van der Waals surface area contributed by atoms with E-state index in [0.29, 0.717) is 11.1 Å². The second kappa shape index (κ2) is 3.18. The van der Waals surface area contributed by atoms with Crippen molar-refractivity contribution in [2.24, 2.45) is 0 Å². The number of aryl methyl sites for hydroxylation is 1. The molecule has 3 heteroatoms. The summed E-state index contributed by atoms with van der Waals surface area (Å²) in [7, 11) is 1.37. The molecule has 72 valence electrons. The van der Waals surface area contributed by atoms with Crippen LogP contribution in [0.2, 0.25) is 0 Å². The lowest BCUT2D eigenvalue weighted by atomic mass is 10.1. The molecule has 0 saturated carbocycles. The molecule has 1 aromatic heterocycles. The summed E-state index contributed by atoms with van der Waals surface area (Å²) in [6, 6.07) is 5.45. The molecular weight excluding hydrogens is 180 g/mol. The van der Waals surface area contributed by atoms with Crippen LogP contribution < -0.4 is 0 Å². The van der Waals surface area contributed by atoms with Crippen molar-refractivity contribution in [3.63, 3.8) is 0 Å². The van der Waals surface area contributed by atoms with Gasteiger partial charge in [0.15, 0.2) is 0 Å². The SMILES string of the molecule is COC(=O)c1cc(C)cc2occc12. The average molecular weight is 190 g/mol. The Morgan fingerprint density at radius 2 is 2.21 bits per heavy atom. The van der Waals surface area contributed by atoms with Gasteiger partial charge in [-0.25, -0.2) is 4.79 Å². The summed E-state index contributed by atoms with van der Waals surface area (Å²) in [6.45, 7) is 1.91. The molecule has 0 aliphatic carbocycles. The molecule has 0 aliphatic heterocycles. The van der Waals surface area contributed by atoms with Crippen molar-refractivity contribution in [2.45, 2.75) is 6.92 Å². The highest BCUT2D eigenvalue weighted by atomic mass is 16.5. The molecule has 0 aliphatic rings. The summed E-state index contributed by atoms with van der Waals surface area (Å²) in [5.74, 6) is -0.333. The van der Waals surface area contributed by atoms with Gasteiger partial charge in [-0.1, -0.05) is 0 Å². The molecule has 0 atom stereocenters. The molecule has 2 aromatic rings. The Morgan fingerprint density at radius 1 is 1.43 bits per heavy atom. The second-order valence-electron chi connectivity index (χ2n) is 3.14. The lowest BCUT2D eigenvalue weighted by Gasteiger charge is -2.01. The van der Waals surface area contributed by atoms with Crippen LogP contribution in [-0.4, -0.2) is 13.1 Å². The number of rotatable bonds is 1. The molecule has 0 saturated heterocycles. The zero-order valence-corrected chi connectivity index (χ0v) is 8.03. The molecule has 0 unspecified atom stereocenters. The van der Waals surface area contributed by atoms with Crippen LogP contribution in [0.4, 0.5) is 0 Å². The molecule has 0 bridgehead atoms. The number of hydrogen-bond donors (Lipinski definition) is 0. The van der Waals surface area contributed by atoms with Crippen molar-refractivity contribution >= 4 is 16.9 Å². The third-order valence-corrected chi connectivity index (χ3v) is 2.12. The smallest absolute Gasteiger partial charge is 0.338 e. The number of fused-ring (bicyclic) bond motifs is 1. The fourth-order valence-corrected chi connectivity index (χ4v) is 1.49. The molecule has 3 nitrogen and oxygen atoms in total. The van der Waals surface area contributed by atoms with Crippen LogP contribution in [0.3, 0.4) is 0 Å². The summed E-state index contributed by atoms with van der Waals surface area (Å²) in [5, 5.41) is 0.794. The predicted octanol–water partition coefficient (Wildman–Crippen LogP) is 2.53. The first-order valence-electron chi connectivity index (χ1n) is 4.28. The lowest BCUT2D eigenvalue weighted by molar-refractivity contribution is 0.0603. The summed E-state index contributed by atoms with van der Waals surface area (Å²) in [6.07, 6.45) is 1.57. The van der Waals surface area contributed by atoms with Crippen molar-refractivity contribution in [1.82, 2.24) is 0 Å². The lowest BCUT2D eigenvalue weighted by Crippen LogP contribution is -2.01. The van der Waals surface area contributed by atoms with Gasteiger partial charge in [0.1, 0.15) is 5.58 Å². The van der Waals surface area contributed by atoms with Gasteiger partial charge in [-0.2, -0.15) is 0 Å². The molecule has 0 spiro atoms. The molecule has 2 rings (SSSR count). The molecule has 14 heavy (non-hydrogen) atoms. The third kappa shape index (κ3) is 1.27. The van der Waals surface area contributed by atoms with Crippen LogP contribution in [0.15, 0.2) is 28.9 Å². The number of benzene rings is 1. The van der Waals surface area contributed by atoms with Crippen molar-refractivity contribution in [2.75, 3.05) is 7.11 Å². The first-order chi connectivity index (χ1) is 6.72. The molecule has 0 amide bonds. The fraction of sp³-hybridized carbons (Fsp3) is 0.182. The maximum atomic E-state index is 11.4. The maximum absolute atomic E-state index is 11.4. The monoisotopic (exact) mass is 190 g/mol. The zero-order chi connectivity index (χ0) is 10.1. The summed E-state index contributed by atoms with van der Waals surface area (Å²) in [4.78, 5) is 11.4. The summed E-state index contributed by atoms with van der Waals surface area (Å²) in [5.41, 5.74) is 2.24. The minimum atomic E-state index is -0.333. The summed E-state index contributed by atoms with van der Waals surface area (Å²) < 4.78 is 9.91. The van der Waals surface area contributed by atoms with Gasteiger partial charge in [0.05, 0.1) is 18.9 Å². The standard InChI is InChI=1S/C11H10O3/c1-7-5-9(11(12)13-2)8-3-4-14-10(8)6-7/h3-6H,1-2H3. The van der Waals surface area contributed by atoms with E-state index >= 15 is 0 Å². The molecule has 0 fully saturated rings. The first kappa shape index (κ1) is 8.81. The Hall–Kier alpha value is -1.77. The van der Waals surface area contributed by atoms with E-state index in [2.05, 4.69) is 4.74 Å². The van der Waals surface area contributed by atoms with Gasteiger partial charge < -0.3 is 9.15 Å². The number of hydrogen-bond acceptors (Lipinski definition) is 3. The van der Waals surface area contributed by atoms with Gasteiger partial charge in [-0.15, -0.1) is 0 Å². The van der Waals surface area contributed by atoms with Gasteiger partial charge in [0.2, 0.25) is 0 Å². The highest BCUT2D eigenvalue weighted by Crippen LogP contribution is 2.22. The van der Waals surface area contributed by atoms with Crippen LogP contribution in [-0.2, 0) is 4.74 Å². The van der Waals surface area contributed by atoms with E-state index in [1.54, 1.807) is 18.4 Å². The number of esters is 1. The van der Waals surface area contributed by atoms with E-state index < -0.39 is 0 Å². The normalized spacial score (nSPS) is 10.4. The Morgan fingerprint density at radius 3 is 2.93 bits per heavy atom. The minimum Gasteiger partial charge on any atom is -0.465 e. The Kier molecular flexibility index (Phi) is 2.00. The molecule has 0 N–H and O–H groups in total. The molecule has 0 radical (unpaired) electrons. The molecular formula is C11H10O3. The maximum Gasteiger partial charge on any atom is 0.338 e. The zero-order valence-electron chi connectivity index (χ0n) is 8.03. The number of ether oxygens (including phenoxy) is 1. The van der Waals surface area contributed by atoms with Crippen molar-refractivity contribution < 1.29 is 13.9 Å². The van der Waals surface area contributed by atoms with Gasteiger partial charge in [-0.05, 0) is 30.7 Å². The van der Waals surface area contributed by atoms with Crippen LogP contribution in [0.1, 0.15) is 15.9 Å². The van der Waals surface area contributed by atoms with E-state index in [-0.39, 0.29) is 5.97 Å². The largest absolute Gasteiger partial charge is 0.465 e. The van der Waals surface area contributed by atoms with Crippen molar-refractivity contribution in [3.8, 4) is 0 Å². The number of methoxy groups -OCH3 is 1. The van der Waals surface area contributed by atoms with E-state index in [0.717, 1.165) is 10.9 Å². The van der Waals surface area contributed by atoms with Crippen LogP contribution in [0.25, 0.3) is 11.0 Å². The van der Waals surface area contributed by atoms with Crippen LogP contribution in [0, 0.1) is 6.92 Å². The Labute approximate surface area is 81.3 Å². The summed E-state index contributed by atoms with van der Waals surface area (Å²) >= 11 is 0. The average Bonchev–Trinajstić information content (AvgIpc) is 2.62. The highest BCUT2D eigenvalue weighted by molar-refractivity contribution is 6.03. The van der Waals surface area contributed by atoms with E-state index in [1.807, 2.05) is 13.0 Å². The predicted molar refractivity (Wildman–Crippen MR) is 52.3 cm³/mol. The minimum absolute atomic E-state index is 0.333. The third-order valence-electron chi connectivity index (χ3n) is 2.12. The van der Waals surface area contributed by atoms with Crippen molar-refractivity contribution in [1.29, 1.82) is 0 Å². The van der Waals surface area contributed by atoms with E-state index in [9.17, 15) is 4.79 Å². The Bertz CT molecular complexity index is 482. The van der Waals surface area contributed by atoms with Gasteiger partial charge >= 0.3 is 5.97 Å². The van der Waals surface area contributed by atoms with Gasteiger partial charge in [0.25, 0.3) is 0 Å². The van der Waals surface area contributed by atoms with Gasteiger partial charge in [-0.3, -0.25) is 0 Å². The van der Waals surface area contributed by atoms with E-state index in [1.165, 1.54) is 7.11 Å². The highest BCUT2D eigenvalue weighted by Gasteiger charge is 2.12. The van der Waals surface area contributed by atoms with Crippen molar-refractivity contribution in [3.05, 3.63) is 35.6 Å². The number of furan rings is 1. The number of carbonyl (C=O) groups is 1. The van der Waals surface area contributed by atoms with Crippen LogP contribution >= 0.6 is 0 Å². The second-order valence-corrected chi connectivity index (χ2v) is 3.14. The molecule has 1 aromatic carbocycles. The topological polar surface area (TPSA) is 39.4 Å². The van der Waals surface area contributed by atoms with Crippen LogP contribution in [0.5, 0.6) is 0 Å². The fourth-order valence-electron chi connectivity index (χ4n) is 1.49.